The number of piperazine rings is 1. The van der Waals surface area contributed by atoms with Crippen molar-refractivity contribution in [1.82, 2.24) is 19.8 Å². The monoisotopic (exact) mass is 277 g/mol. The van der Waals surface area contributed by atoms with Crippen LogP contribution in [0.5, 0.6) is 0 Å². The SMILES string of the molecule is CCN1CCN(C[C@H](C)CNc2cncc(C)n2)CC1. The molecule has 1 aromatic rings. The van der Waals surface area contributed by atoms with Gasteiger partial charge in [-0.05, 0) is 19.4 Å². The van der Waals surface area contributed by atoms with Gasteiger partial charge in [-0.1, -0.05) is 13.8 Å². The van der Waals surface area contributed by atoms with Crippen LogP contribution in [0.15, 0.2) is 12.4 Å². The highest BCUT2D eigenvalue weighted by Gasteiger charge is 2.17. The van der Waals surface area contributed by atoms with E-state index in [0.717, 1.165) is 24.6 Å². The van der Waals surface area contributed by atoms with Crippen LogP contribution in [-0.4, -0.2) is 65.6 Å². The Bertz CT molecular complexity index is 401. The van der Waals surface area contributed by atoms with Crippen LogP contribution in [0.3, 0.4) is 0 Å². The zero-order valence-electron chi connectivity index (χ0n) is 13.0. The maximum Gasteiger partial charge on any atom is 0.144 e. The first kappa shape index (κ1) is 15.2. The first-order chi connectivity index (χ1) is 9.67. The molecule has 0 aromatic carbocycles. The van der Waals surface area contributed by atoms with E-state index >= 15 is 0 Å². The molecule has 1 aromatic heterocycles. The van der Waals surface area contributed by atoms with Gasteiger partial charge in [0.1, 0.15) is 5.82 Å². The number of aromatic nitrogens is 2. The van der Waals surface area contributed by atoms with Crippen molar-refractivity contribution in [2.45, 2.75) is 20.8 Å². The number of aryl methyl sites for hydroxylation is 1. The predicted molar refractivity (Wildman–Crippen MR) is 83.0 cm³/mol. The fourth-order valence-corrected chi connectivity index (χ4v) is 2.62. The van der Waals surface area contributed by atoms with Crippen LogP contribution in [0, 0.1) is 12.8 Å². The molecule has 0 radical (unpaired) electrons. The van der Waals surface area contributed by atoms with Crippen LogP contribution in [0.2, 0.25) is 0 Å². The lowest BCUT2D eigenvalue weighted by atomic mass is 10.1. The second-order valence-corrected chi connectivity index (χ2v) is 5.77. The molecule has 2 heterocycles. The van der Waals surface area contributed by atoms with Gasteiger partial charge in [0, 0.05) is 45.5 Å². The van der Waals surface area contributed by atoms with Crippen molar-refractivity contribution >= 4 is 5.82 Å². The lowest BCUT2D eigenvalue weighted by Gasteiger charge is -2.35. The van der Waals surface area contributed by atoms with Gasteiger partial charge in [0.05, 0.1) is 11.9 Å². The maximum absolute atomic E-state index is 4.42. The third kappa shape index (κ3) is 4.72. The van der Waals surface area contributed by atoms with E-state index in [1.807, 2.05) is 6.92 Å². The first-order valence-electron chi connectivity index (χ1n) is 7.64. The van der Waals surface area contributed by atoms with Crippen LogP contribution in [0.25, 0.3) is 0 Å². The number of anilines is 1. The number of rotatable bonds is 6. The summed E-state index contributed by atoms with van der Waals surface area (Å²) in [5, 5.41) is 3.38. The van der Waals surface area contributed by atoms with E-state index in [1.165, 1.54) is 32.7 Å². The Hall–Kier alpha value is -1.20. The van der Waals surface area contributed by atoms with Gasteiger partial charge >= 0.3 is 0 Å². The molecule has 0 bridgehead atoms. The molecule has 2 rings (SSSR count). The number of nitrogens with one attached hydrogen (secondary N) is 1. The fraction of sp³-hybridized carbons (Fsp3) is 0.733. The molecular formula is C15H27N5. The molecule has 1 aliphatic heterocycles. The highest BCUT2D eigenvalue weighted by atomic mass is 15.3. The molecule has 1 saturated heterocycles. The third-order valence-corrected chi connectivity index (χ3v) is 3.87. The van der Waals surface area contributed by atoms with Crippen molar-refractivity contribution in [2.24, 2.45) is 5.92 Å². The van der Waals surface area contributed by atoms with Crippen molar-refractivity contribution in [3.05, 3.63) is 18.1 Å². The largest absolute Gasteiger partial charge is 0.368 e. The smallest absolute Gasteiger partial charge is 0.144 e. The summed E-state index contributed by atoms with van der Waals surface area (Å²) in [7, 11) is 0. The Balaban J connectivity index is 1.69. The molecule has 1 aliphatic rings. The fourth-order valence-electron chi connectivity index (χ4n) is 2.62. The van der Waals surface area contributed by atoms with Crippen LogP contribution in [0.1, 0.15) is 19.5 Å². The second-order valence-electron chi connectivity index (χ2n) is 5.77. The van der Waals surface area contributed by atoms with Gasteiger partial charge in [0.15, 0.2) is 0 Å². The summed E-state index contributed by atoms with van der Waals surface area (Å²) in [6.45, 7) is 14.6. The van der Waals surface area contributed by atoms with E-state index in [4.69, 9.17) is 0 Å². The predicted octanol–water partition coefficient (Wildman–Crippen LogP) is 1.47. The number of likely N-dealkylation sites (N-methyl/N-ethyl adjacent to an activating group) is 1. The molecule has 0 spiro atoms. The van der Waals surface area contributed by atoms with E-state index in [-0.39, 0.29) is 0 Å². The Labute approximate surface area is 122 Å². The summed E-state index contributed by atoms with van der Waals surface area (Å²) in [4.78, 5) is 13.7. The van der Waals surface area contributed by atoms with Crippen molar-refractivity contribution in [2.75, 3.05) is 51.1 Å². The van der Waals surface area contributed by atoms with Crippen molar-refractivity contribution < 1.29 is 0 Å². The van der Waals surface area contributed by atoms with Crippen molar-refractivity contribution in [3.63, 3.8) is 0 Å². The molecular weight excluding hydrogens is 250 g/mol. The lowest BCUT2D eigenvalue weighted by molar-refractivity contribution is 0.126. The van der Waals surface area contributed by atoms with E-state index in [1.54, 1.807) is 12.4 Å². The Kier molecular flexibility index (Phi) is 5.73. The molecule has 5 heteroatoms. The minimum Gasteiger partial charge on any atom is -0.368 e. The van der Waals surface area contributed by atoms with Gasteiger partial charge in [-0.2, -0.15) is 0 Å². The van der Waals surface area contributed by atoms with E-state index in [2.05, 4.69) is 38.9 Å². The van der Waals surface area contributed by atoms with Gasteiger partial charge in [0.25, 0.3) is 0 Å². The van der Waals surface area contributed by atoms with Gasteiger partial charge in [-0.25, -0.2) is 4.98 Å². The van der Waals surface area contributed by atoms with Crippen LogP contribution < -0.4 is 5.32 Å². The molecule has 1 atom stereocenters. The molecule has 0 aliphatic carbocycles. The Morgan fingerprint density at radius 1 is 1.20 bits per heavy atom. The third-order valence-electron chi connectivity index (χ3n) is 3.87. The highest BCUT2D eigenvalue weighted by Crippen LogP contribution is 2.07. The quantitative estimate of drug-likeness (QED) is 0.853. The number of hydrogen-bond donors (Lipinski definition) is 1. The van der Waals surface area contributed by atoms with Crippen LogP contribution in [0.4, 0.5) is 5.82 Å². The molecule has 20 heavy (non-hydrogen) atoms. The minimum absolute atomic E-state index is 0.616. The summed E-state index contributed by atoms with van der Waals surface area (Å²) in [5.41, 5.74) is 0.957. The molecule has 5 nitrogen and oxygen atoms in total. The van der Waals surface area contributed by atoms with Crippen molar-refractivity contribution in [3.8, 4) is 0 Å². The highest BCUT2D eigenvalue weighted by molar-refractivity contribution is 5.31. The van der Waals surface area contributed by atoms with Gasteiger partial charge in [-0.3, -0.25) is 4.98 Å². The lowest BCUT2D eigenvalue weighted by Crippen LogP contribution is -2.47. The van der Waals surface area contributed by atoms with E-state index in [0.29, 0.717) is 5.92 Å². The van der Waals surface area contributed by atoms with Crippen LogP contribution in [-0.2, 0) is 0 Å². The molecule has 0 unspecified atom stereocenters. The molecule has 1 N–H and O–H groups in total. The number of hydrogen-bond acceptors (Lipinski definition) is 5. The summed E-state index contributed by atoms with van der Waals surface area (Å²) >= 11 is 0. The zero-order valence-corrected chi connectivity index (χ0v) is 13.0. The average Bonchev–Trinajstić information content (AvgIpc) is 2.46. The topological polar surface area (TPSA) is 44.3 Å². The Morgan fingerprint density at radius 3 is 2.55 bits per heavy atom. The zero-order chi connectivity index (χ0) is 14.4. The van der Waals surface area contributed by atoms with Crippen LogP contribution >= 0.6 is 0 Å². The van der Waals surface area contributed by atoms with Gasteiger partial charge < -0.3 is 15.1 Å². The summed E-state index contributed by atoms with van der Waals surface area (Å²) < 4.78 is 0. The first-order valence-corrected chi connectivity index (χ1v) is 7.64. The number of nitrogens with zero attached hydrogens (tertiary/aromatic N) is 4. The van der Waals surface area contributed by atoms with Gasteiger partial charge in [-0.15, -0.1) is 0 Å². The summed E-state index contributed by atoms with van der Waals surface area (Å²) in [5.74, 6) is 1.50. The molecule has 0 saturated carbocycles. The molecule has 0 amide bonds. The standard InChI is InChI=1S/C15H27N5/c1-4-19-5-7-20(8-6-19)12-13(2)9-17-15-11-16-10-14(3)18-15/h10-11,13H,4-9,12H2,1-3H3,(H,17,18)/t13-/m1/s1. The second kappa shape index (κ2) is 7.55. The molecule has 112 valence electrons. The summed E-state index contributed by atoms with van der Waals surface area (Å²) in [6, 6.07) is 0. The van der Waals surface area contributed by atoms with E-state index < -0.39 is 0 Å². The normalized spacial score (nSPS) is 18.9. The minimum atomic E-state index is 0.616. The average molecular weight is 277 g/mol. The Morgan fingerprint density at radius 2 is 1.90 bits per heavy atom. The van der Waals surface area contributed by atoms with Crippen molar-refractivity contribution in [1.29, 1.82) is 0 Å². The summed E-state index contributed by atoms with van der Waals surface area (Å²) in [6.07, 6.45) is 3.57. The molecule has 1 fully saturated rings. The van der Waals surface area contributed by atoms with E-state index in [9.17, 15) is 0 Å². The van der Waals surface area contributed by atoms with Gasteiger partial charge in [0.2, 0.25) is 0 Å². The maximum atomic E-state index is 4.42.